The maximum Gasteiger partial charge on any atom is 0.240 e. The average Bonchev–Trinajstić information content (AvgIpc) is 3.18. The minimum absolute atomic E-state index is 0.103. The van der Waals surface area contributed by atoms with E-state index in [-0.39, 0.29) is 5.91 Å². The van der Waals surface area contributed by atoms with Crippen LogP contribution in [0, 0.1) is 17.8 Å². The zero-order valence-electron chi connectivity index (χ0n) is 12.3. The number of carbonyl (C=O) groups is 1. The molecule has 1 aromatic heterocycles. The lowest BCUT2D eigenvalue weighted by atomic mass is 9.61. The van der Waals surface area contributed by atoms with Crippen molar-refractivity contribution in [2.75, 3.05) is 6.61 Å². The maximum atomic E-state index is 12.3. The molecule has 1 saturated heterocycles. The minimum atomic E-state index is 0.103. The van der Waals surface area contributed by atoms with E-state index < -0.39 is 0 Å². The van der Waals surface area contributed by atoms with Gasteiger partial charge in [-0.05, 0) is 12.3 Å². The molecule has 1 amide bonds. The topological polar surface area (TPSA) is 56.2 Å². The van der Waals surface area contributed by atoms with Gasteiger partial charge in [-0.15, -0.1) is 0 Å². The first-order valence-electron chi connectivity index (χ1n) is 8.19. The van der Waals surface area contributed by atoms with Crippen molar-refractivity contribution in [3.8, 4) is 0 Å². The molecule has 1 N–H and O–H groups in total. The first kappa shape index (κ1) is 13.3. The normalized spacial score (nSPS) is 35.4. The van der Waals surface area contributed by atoms with E-state index in [1.165, 1.54) is 25.7 Å². The van der Waals surface area contributed by atoms with Gasteiger partial charge >= 0.3 is 0 Å². The lowest BCUT2D eigenvalue weighted by molar-refractivity contribution is -0.130. The summed E-state index contributed by atoms with van der Waals surface area (Å²) in [5, 5.41) is 3.29. The fourth-order valence-corrected chi connectivity index (χ4v) is 4.64. The molecule has 1 aromatic rings. The molecule has 114 valence electrons. The van der Waals surface area contributed by atoms with Gasteiger partial charge in [-0.25, -0.2) is 4.98 Å². The fourth-order valence-electron chi connectivity index (χ4n) is 4.64. The van der Waals surface area contributed by atoms with E-state index in [1.54, 1.807) is 12.5 Å². The Hall–Kier alpha value is -1.36. The van der Waals surface area contributed by atoms with Crippen LogP contribution < -0.4 is 5.32 Å². The number of nitrogens with zero attached hydrogens (tertiary/aromatic N) is 2. The van der Waals surface area contributed by atoms with Crippen LogP contribution in [0.15, 0.2) is 18.7 Å². The predicted molar refractivity (Wildman–Crippen MR) is 77.5 cm³/mol. The number of hydrogen-bond acceptors (Lipinski definition) is 3. The Bertz CT molecular complexity index is 491. The molecule has 0 spiro atoms. The van der Waals surface area contributed by atoms with Crippen molar-refractivity contribution in [2.45, 2.75) is 50.8 Å². The summed E-state index contributed by atoms with van der Waals surface area (Å²) in [4.78, 5) is 16.2. The fraction of sp³-hybridized carbons (Fsp3) is 0.750. The molecule has 3 fully saturated rings. The number of aromatic nitrogens is 2. The quantitative estimate of drug-likeness (QED) is 0.916. The van der Waals surface area contributed by atoms with Crippen LogP contribution in [0.1, 0.15) is 32.1 Å². The summed E-state index contributed by atoms with van der Waals surface area (Å²) in [7, 11) is 0. The van der Waals surface area contributed by atoms with Gasteiger partial charge in [0.2, 0.25) is 5.91 Å². The summed E-state index contributed by atoms with van der Waals surface area (Å²) in [6, 6.07) is 0.330. The summed E-state index contributed by atoms with van der Waals surface area (Å²) in [5.74, 6) is 1.95. The van der Waals surface area contributed by atoms with Crippen molar-refractivity contribution in [2.24, 2.45) is 17.8 Å². The van der Waals surface area contributed by atoms with Crippen molar-refractivity contribution in [3.05, 3.63) is 18.7 Å². The number of rotatable bonds is 4. The summed E-state index contributed by atoms with van der Waals surface area (Å²) < 4.78 is 7.75. The standard InChI is InChI=1S/C16H23N3O2/c20-13(9-19-7-6-17-10-19)18-15-12-5-8-21-16(12)14(15)11-3-1-2-4-11/h6-7,10-12,14-16H,1-5,8-9H2,(H,18,20)/t12-,14+,15+,16-/m1/s1. The molecule has 4 rings (SSSR count). The average molecular weight is 289 g/mol. The summed E-state index contributed by atoms with van der Waals surface area (Å²) >= 11 is 0. The van der Waals surface area contributed by atoms with Gasteiger partial charge in [0, 0.05) is 36.9 Å². The molecule has 0 aromatic carbocycles. The van der Waals surface area contributed by atoms with Gasteiger partial charge in [-0.3, -0.25) is 4.79 Å². The molecule has 0 radical (unpaired) electrons. The van der Waals surface area contributed by atoms with Gasteiger partial charge in [-0.2, -0.15) is 0 Å². The number of carbonyl (C=O) groups excluding carboxylic acids is 1. The van der Waals surface area contributed by atoms with Crippen LogP contribution in [0.5, 0.6) is 0 Å². The third-order valence-corrected chi connectivity index (χ3v) is 5.60. The summed E-state index contributed by atoms with van der Waals surface area (Å²) in [6.45, 7) is 1.23. The van der Waals surface area contributed by atoms with Crippen molar-refractivity contribution < 1.29 is 9.53 Å². The molecule has 1 aliphatic heterocycles. The zero-order valence-corrected chi connectivity index (χ0v) is 12.3. The molecule has 3 aliphatic rings. The van der Waals surface area contributed by atoms with Crippen LogP contribution in [-0.2, 0) is 16.1 Å². The van der Waals surface area contributed by atoms with Crippen molar-refractivity contribution in [3.63, 3.8) is 0 Å². The summed E-state index contributed by atoms with van der Waals surface area (Å²) in [5.41, 5.74) is 0. The highest BCUT2D eigenvalue weighted by atomic mass is 16.5. The first-order valence-corrected chi connectivity index (χ1v) is 8.19. The van der Waals surface area contributed by atoms with Crippen LogP contribution >= 0.6 is 0 Å². The molecule has 2 saturated carbocycles. The van der Waals surface area contributed by atoms with Gasteiger partial charge in [0.1, 0.15) is 6.54 Å². The SMILES string of the molecule is O=C(Cn1ccnc1)N[C@H]1[C@H]2CCO[C@H]2[C@H]1C1CCCC1. The number of hydrogen-bond donors (Lipinski definition) is 1. The maximum absolute atomic E-state index is 12.3. The molecule has 21 heavy (non-hydrogen) atoms. The predicted octanol–water partition coefficient (Wildman–Crippen LogP) is 1.59. The highest BCUT2D eigenvalue weighted by Gasteiger charge is 2.56. The third-order valence-electron chi connectivity index (χ3n) is 5.60. The molecular weight excluding hydrogens is 266 g/mol. The summed E-state index contributed by atoms with van der Waals surface area (Å²) in [6.07, 6.45) is 12.0. The van der Waals surface area contributed by atoms with E-state index in [0.717, 1.165) is 18.9 Å². The number of imidazole rings is 1. The van der Waals surface area contributed by atoms with Crippen LogP contribution in [0.3, 0.4) is 0 Å². The Kier molecular flexibility index (Phi) is 3.45. The number of ether oxygens (including phenoxy) is 1. The monoisotopic (exact) mass is 289 g/mol. The minimum Gasteiger partial charge on any atom is -0.377 e. The Morgan fingerprint density at radius 3 is 2.95 bits per heavy atom. The second-order valence-corrected chi connectivity index (χ2v) is 6.74. The highest BCUT2D eigenvalue weighted by molar-refractivity contribution is 5.76. The Morgan fingerprint density at radius 1 is 1.33 bits per heavy atom. The Morgan fingerprint density at radius 2 is 2.19 bits per heavy atom. The van der Waals surface area contributed by atoms with E-state index in [9.17, 15) is 4.79 Å². The van der Waals surface area contributed by atoms with Gasteiger partial charge in [-0.1, -0.05) is 25.7 Å². The van der Waals surface area contributed by atoms with Gasteiger partial charge in [0.25, 0.3) is 0 Å². The van der Waals surface area contributed by atoms with Gasteiger partial charge in [0.05, 0.1) is 12.4 Å². The number of fused-ring (bicyclic) bond motifs is 1. The zero-order chi connectivity index (χ0) is 14.2. The number of nitrogens with one attached hydrogen (secondary N) is 1. The smallest absolute Gasteiger partial charge is 0.240 e. The second-order valence-electron chi connectivity index (χ2n) is 6.74. The first-order chi connectivity index (χ1) is 10.3. The van der Waals surface area contributed by atoms with Gasteiger partial charge < -0.3 is 14.6 Å². The molecule has 5 nitrogen and oxygen atoms in total. The van der Waals surface area contributed by atoms with E-state index in [0.29, 0.717) is 30.5 Å². The molecule has 2 heterocycles. The second kappa shape index (κ2) is 5.44. The van der Waals surface area contributed by atoms with Crippen LogP contribution in [0.2, 0.25) is 0 Å². The van der Waals surface area contributed by atoms with Gasteiger partial charge in [0.15, 0.2) is 0 Å². The lowest BCUT2D eigenvalue weighted by Gasteiger charge is -2.50. The van der Waals surface area contributed by atoms with E-state index in [2.05, 4.69) is 10.3 Å². The lowest BCUT2D eigenvalue weighted by Crippen LogP contribution is -2.63. The molecule has 4 atom stereocenters. The van der Waals surface area contributed by atoms with Crippen molar-refractivity contribution in [1.29, 1.82) is 0 Å². The number of amides is 1. The molecule has 5 heteroatoms. The largest absolute Gasteiger partial charge is 0.377 e. The Balaban J connectivity index is 1.41. The molecule has 0 unspecified atom stereocenters. The molecule has 2 aliphatic carbocycles. The van der Waals surface area contributed by atoms with Crippen molar-refractivity contribution >= 4 is 5.91 Å². The molecule has 0 bridgehead atoms. The molecular formula is C16H23N3O2. The third kappa shape index (κ3) is 2.37. The van der Waals surface area contributed by atoms with E-state index in [4.69, 9.17) is 4.74 Å². The van der Waals surface area contributed by atoms with E-state index in [1.807, 2.05) is 10.8 Å². The highest BCUT2D eigenvalue weighted by Crippen LogP contribution is 2.51. The van der Waals surface area contributed by atoms with E-state index >= 15 is 0 Å². The van der Waals surface area contributed by atoms with Crippen LogP contribution in [-0.4, -0.2) is 34.2 Å². The van der Waals surface area contributed by atoms with Crippen molar-refractivity contribution in [1.82, 2.24) is 14.9 Å². The van der Waals surface area contributed by atoms with Crippen LogP contribution in [0.4, 0.5) is 0 Å². The van der Waals surface area contributed by atoms with Crippen LogP contribution in [0.25, 0.3) is 0 Å². The Labute approximate surface area is 125 Å².